The van der Waals surface area contributed by atoms with Gasteiger partial charge in [-0.05, 0) is 48.4 Å². The monoisotopic (exact) mass is 416 g/mol. The van der Waals surface area contributed by atoms with Gasteiger partial charge in [-0.3, -0.25) is 9.36 Å². The molecule has 0 saturated carbocycles. The lowest BCUT2D eigenvalue weighted by Crippen LogP contribution is -2.23. The molecule has 0 bridgehead atoms. The van der Waals surface area contributed by atoms with Gasteiger partial charge < -0.3 is 0 Å². The summed E-state index contributed by atoms with van der Waals surface area (Å²) in [5, 5.41) is 2.30. The highest BCUT2D eigenvalue weighted by molar-refractivity contribution is 7.98. The van der Waals surface area contributed by atoms with Gasteiger partial charge in [-0.15, -0.1) is 17.9 Å². The minimum Gasteiger partial charge on any atom is -0.283 e. The Morgan fingerprint density at radius 3 is 3.11 bits per heavy atom. The van der Waals surface area contributed by atoms with Gasteiger partial charge in [0.1, 0.15) is 4.83 Å². The quantitative estimate of drug-likeness (QED) is 0.303. The highest BCUT2D eigenvalue weighted by atomic mass is 35.5. The van der Waals surface area contributed by atoms with Crippen molar-refractivity contribution < 1.29 is 0 Å². The Morgan fingerprint density at radius 1 is 1.48 bits per heavy atom. The van der Waals surface area contributed by atoms with Crippen molar-refractivity contribution in [2.24, 2.45) is 5.92 Å². The molecule has 2 aromatic heterocycles. The molecule has 27 heavy (non-hydrogen) atoms. The average molecular weight is 417 g/mol. The Hall–Kier alpha value is -1.56. The predicted octanol–water partition coefficient (Wildman–Crippen LogP) is 5.71. The van der Waals surface area contributed by atoms with Crippen LogP contribution in [0.1, 0.15) is 29.3 Å². The van der Waals surface area contributed by atoms with Crippen molar-refractivity contribution in [2.45, 2.75) is 43.6 Å². The standard InChI is InChI=1S/C21H21ClN2OS2/c1-3-9-24-20(25)18-16-8-7-13(2)10-17(16)27-19(18)23-21(24)26-12-14-5-4-6-15(22)11-14/h3-6,11,13H,1,7-10,12H2,2H3/t13-/m0/s1. The Labute approximate surface area is 172 Å². The van der Waals surface area contributed by atoms with Crippen LogP contribution in [0.3, 0.4) is 0 Å². The normalized spacial score (nSPS) is 16.4. The van der Waals surface area contributed by atoms with Crippen LogP contribution in [0.2, 0.25) is 5.02 Å². The van der Waals surface area contributed by atoms with Crippen LogP contribution in [0.4, 0.5) is 0 Å². The van der Waals surface area contributed by atoms with Crippen molar-refractivity contribution in [1.29, 1.82) is 0 Å². The predicted molar refractivity (Wildman–Crippen MR) is 116 cm³/mol. The molecule has 140 valence electrons. The second kappa shape index (κ2) is 7.82. The molecular weight excluding hydrogens is 396 g/mol. The number of halogens is 1. The Kier molecular flexibility index (Phi) is 5.44. The van der Waals surface area contributed by atoms with Crippen LogP contribution in [0.25, 0.3) is 10.2 Å². The number of thioether (sulfide) groups is 1. The molecule has 0 N–H and O–H groups in total. The van der Waals surface area contributed by atoms with Gasteiger partial charge in [0.2, 0.25) is 0 Å². The highest BCUT2D eigenvalue weighted by Crippen LogP contribution is 2.36. The van der Waals surface area contributed by atoms with E-state index in [1.165, 1.54) is 10.4 Å². The highest BCUT2D eigenvalue weighted by Gasteiger charge is 2.24. The Balaban J connectivity index is 1.76. The fourth-order valence-electron chi connectivity index (χ4n) is 3.58. The molecule has 0 aliphatic heterocycles. The molecule has 6 heteroatoms. The summed E-state index contributed by atoms with van der Waals surface area (Å²) in [6, 6.07) is 7.80. The number of hydrogen-bond acceptors (Lipinski definition) is 4. The summed E-state index contributed by atoms with van der Waals surface area (Å²) in [5.41, 5.74) is 2.42. The Morgan fingerprint density at radius 2 is 2.33 bits per heavy atom. The molecule has 1 aliphatic rings. The maximum Gasteiger partial charge on any atom is 0.263 e. The van der Waals surface area contributed by atoms with Crippen molar-refractivity contribution in [1.82, 2.24) is 9.55 Å². The molecule has 0 amide bonds. The number of fused-ring (bicyclic) bond motifs is 3. The molecule has 1 atom stereocenters. The fraction of sp³-hybridized carbons (Fsp3) is 0.333. The molecule has 3 nitrogen and oxygen atoms in total. The molecule has 1 aliphatic carbocycles. The van der Waals surface area contributed by atoms with Crippen molar-refractivity contribution in [3.8, 4) is 0 Å². The summed E-state index contributed by atoms with van der Waals surface area (Å²) in [6.07, 6.45) is 4.95. The first-order valence-corrected chi connectivity index (χ1v) is 11.3. The number of aryl methyl sites for hydroxylation is 1. The Bertz CT molecular complexity index is 1070. The van der Waals surface area contributed by atoms with E-state index in [1.807, 2.05) is 24.3 Å². The van der Waals surface area contributed by atoms with Gasteiger partial charge in [0.15, 0.2) is 5.16 Å². The van der Waals surface area contributed by atoms with E-state index in [9.17, 15) is 4.79 Å². The number of aromatic nitrogens is 2. The lowest BCUT2D eigenvalue weighted by atomic mass is 9.89. The van der Waals surface area contributed by atoms with Crippen molar-refractivity contribution in [3.63, 3.8) is 0 Å². The number of nitrogens with zero attached hydrogens (tertiary/aromatic N) is 2. The van der Waals surface area contributed by atoms with Crippen molar-refractivity contribution in [2.75, 3.05) is 0 Å². The SMILES string of the molecule is C=CCn1c(SCc2cccc(Cl)c2)nc2sc3c(c2c1=O)CC[C@H](C)C3. The lowest BCUT2D eigenvalue weighted by molar-refractivity contribution is 0.509. The molecule has 0 spiro atoms. The second-order valence-corrected chi connectivity index (χ2v) is 9.51. The number of thiophene rings is 1. The zero-order chi connectivity index (χ0) is 19.0. The lowest BCUT2D eigenvalue weighted by Gasteiger charge is -2.17. The van der Waals surface area contributed by atoms with Crippen LogP contribution in [0.5, 0.6) is 0 Å². The van der Waals surface area contributed by atoms with E-state index in [4.69, 9.17) is 16.6 Å². The van der Waals surface area contributed by atoms with E-state index in [1.54, 1.807) is 33.7 Å². The third-order valence-corrected chi connectivity index (χ3v) is 7.38. The first kappa shape index (κ1) is 18.8. The van der Waals surface area contributed by atoms with Gasteiger partial charge >= 0.3 is 0 Å². The van der Waals surface area contributed by atoms with E-state index < -0.39 is 0 Å². The summed E-state index contributed by atoms with van der Waals surface area (Å²) >= 11 is 9.36. The molecule has 0 fully saturated rings. The molecule has 4 rings (SSSR count). The maximum absolute atomic E-state index is 13.3. The molecule has 1 aromatic carbocycles. The average Bonchev–Trinajstić information content (AvgIpc) is 3.00. The summed E-state index contributed by atoms with van der Waals surface area (Å²) in [6.45, 7) is 6.58. The third kappa shape index (κ3) is 3.73. The summed E-state index contributed by atoms with van der Waals surface area (Å²) < 4.78 is 1.76. The van der Waals surface area contributed by atoms with E-state index in [0.717, 1.165) is 51.0 Å². The van der Waals surface area contributed by atoms with Crippen LogP contribution in [-0.4, -0.2) is 9.55 Å². The zero-order valence-electron chi connectivity index (χ0n) is 15.2. The smallest absolute Gasteiger partial charge is 0.263 e. The van der Waals surface area contributed by atoms with Crippen molar-refractivity contribution >= 4 is 44.9 Å². The van der Waals surface area contributed by atoms with Gasteiger partial charge in [-0.1, -0.05) is 48.5 Å². The third-order valence-electron chi connectivity index (χ3n) is 4.95. The summed E-state index contributed by atoms with van der Waals surface area (Å²) in [7, 11) is 0. The summed E-state index contributed by atoms with van der Waals surface area (Å²) in [5.74, 6) is 1.40. The number of rotatable bonds is 5. The van der Waals surface area contributed by atoms with Gasteiger partial charge in [0, 0.05) is 22.2 Å². The molecule has 0 radical (unpaired) electrons. The fourth-order valence-corrected chi connectivity index (χ4v) is 6.17. The molecular formula is C21H21ClN2OS2. The van der Waals surface area contributed by atoms with Crippen LogP contribution < -0.4 is 5.56 Å². The molecule has 2 heterocycles. The topological polar surface area (TPSA) is 34.9 Å². The summed E-state index contributed by atoms with van der Waals surface area (Å²) in [4.78, 5) is 20.4. The second-order valence-electron chi connectivity index (χ2n) is 7.05. The van der Waals surface area contributed by atoms with Gasteiger partial charge in [-0.25, -0.2) is 4.98 Å². The van der Waals surface area contributed by atoms with Crippen LogP contribution in [0.15, 0.2) is 46.9 Å². The minimum atomic E-state index is 0.0700. The van der Waals surface area contributed by atoms with Crippen LogP contribution in [-0.2, 0) is 25.1 Å². The van der Waals surface area contributed by atoms with Gasteiger partial charge in [-0.2, -0.15) is 0 Å². The van der Waals surface area contributed by atoms with E-state index >= 15 is 0 Å². The number of allylic oxidation sites excluding steroid dienone is 1. The van der Waals surface area contributed by atoms with E-state index in [2.05, 4.69) is 13.5 Å². The minimum absolute atomic E-state index is 0.0700. The van der Waals surface area contributed by atoms with Crippen LogP contribution in [0, 0.1) is 5.92 Å². The molecule has 3 aromatic rings. The number of benzene rings is 1. The van der Waals surface area contributed by atoms with E-state index in [0.29, 0.717) is 12.5 Å². The van der Waals surface area contributed by atoms with E-state index in [-0.39, 0.29) is 5.56 Å². The van der Waals surface area contributed by atoms with Gasteiger partial charge in [0.05, 0.1) is 5.39 Å². The van der Waals surface area contributed by atoms with Crippen molar-refractivity contribution in [3.05, 3.63) is 68.3 Å². The van der Waals surface area contributed by atoms with Gasteiger partial charge in [0.25, 0.3) is 5.56 Å². The maximum atomic E-state index is 13.3. The zero-order valence-corrected chi connectivity index (χ0v) is 17.6. The first-order chi connectivity index (χ1) is 13.1. The largest absolute Gasteiger partial charge is 0.283 e. The molecule has 0 saturated heterocycles. The first-order valence-electron chi connectivity index (χ1n) is 9.10. The molecule has 0 unspecified atom stereocenters. The van der Waals surface area contributed by atoms with Crippen LogP contribution >= 0.6 is 34.7 Å². The number of hydrogen-bond donors (Lipinski definition) is 0.